The van der Waals surface area contributed by atoms with Crippen LogP contribution in [0.4, 0.5) is 0 Å². The smallest absolute Gasteiger partial charge is 0.328 e. The molecule has 0 radical (unpaired) electrons. The number of nitrogens with zero attached hydrogens (tertiary/aromatic N) is 2. The lowest BCUT2D eigenvalue weighted by atomic mass is 10.2. The average molecular weight is 361 g/mol. The fourth-order valence-corrected chi connectivity index (χ4v) is 4.05. The van der Waals surface area contributed by atoms with E-state index in [0.717, 1.165) is 4.90 Å². The molecule has 1 aromatic heterocycles. The normalized spacial score (nSPS) is 20.0. The van der Waals surface area contributed by atoms with Crippen LogP contribution in [0.1, 0.15) is 18.4 Å². The first-order chi connectivity index (χ1) is 11.1. The SMILES string of the molecule is Cc1noc(C)c1S(=O)(=O)NC(C)C(=O)N1CCOCC1C(=O)O. The zero-order valence-electron chi connectivity index (χ0n) is 13.5. The Kier molecular flexibility index (Phi) is 5.26. The molecule has 0 aliphatic carbocycles. The summed E-state index contributed by atoms with van der Waals surface area (Å²) >= 11 is 0. The predicted octanol–water partition coefficient (Wildman–Crippen LogP) is -0.730. The highest BCUT2D eigenvalue weighted by molar-refractivity contribution is 7.89. The summed E-state index contributed by atoms with van der Waals surface area (Å²) in [5.41, 5.74) is 0.175. The van der Waals surface area contributed by atoms with Gasteiger partial charge in [0.2, 0.25) is 15.9 Å². The van der Waals surface area contributed by atoms with Crippen molar-refractivity contribution in [3.05, 3.63) is 11.5 Å². The third-order valence-electron chi connectivity index (χ3n) is 3.64. The number of aromatic nitrogens is 1. The van der Waals surface area contributed by atoms with Gasteiger partial charge in [0, 0.05) is 6.54 Å². The van der Waals surface area contributed by atoms with Gasteiger partial charge in [-0.05, 0) is 20.8 Å². The lowest BCUT2D eigenvalue weighted by Crippen LogP contribution is -2.57. The summed E-state index contributed by atoms with van der Waals surface area (Å²) in [6, 6.07) is -2.29. The van der Waals surface area contributed by atoms with Gasteiger partial charge in [-0.2, -0.15) is 4.72 Å². The van der Waals surface area contributed by atoms with E-state index in [1.165, 1.54) is 20.8 Å². The van der Waals surface area contributed by atoms with Crippen molar-refractivity contribution in [1.82, 2.24) is 14.8 Å². The van der Waals surface area contributed by atoms with Gasteiger partial charge in [0.25, 0.3) is 0 Å². The van der Waals surface area contributed by atoms with E-state index in [4.69, 9.17) is 14.4 Å². The van der Waals surface area contributed by atoms with Crippen LogP contribution in [0.15, 0.2) is 9.42 Å². The topological polar surface area (TPSA) is 139 Å². The Bertz CT molecular complexity index is 723. The number of aliphatic carboxylic acids is 1. The first-order valence-corrected chi connectivity index (χ1v) is 8.69. The van der Waals surface area contributed by atoms with Crippen molar-refractivity contribution < 1.29 is 32.4 Å². The summed E-state index contributed by atoms with van der Waals surface area (Å²) < 4.78 is 37.0. The van der Waals surface area contributed by atoms with Crippen LogP contribution in [0.5, 0.6) is 0 Å². The predicted molar refractivity (Wildman–Crippen MR) is 79.7 cm³/mol. The van der Waals surface area contributed by atoms with Crippen molar-refractivity contribution in [1.29, 1.82) is 0 Å². The molecule has 2 atom stereocenters. The Morgan fingerprint density at radius 1 is 1.42 bits per heavy atom. The van der Waals surface area contributed by atoms with Crippen LogP contribution in [0.25, 0.3) is 0 Å². The van der Waals surface area contributed by atoms with Crippen LogP contribution in [-0.4, -0.2) is 67.3 Å². The Balaban J connectivity index is 2.18. The molecule has 1 amide bonds. The Morgan fingerprint density at radius 3 is 2.62 bits per heavy atom. The number of hydrogen-bond acceptors (Lipinski definition) is 7. The maximum atomic E-state index is 12.5. The molecule has 2 unspecified atom stereocenters. The number of aryl methyl sites for hydroxylation is 2. The molecule has 2 N–H and O–H groups in total. The zero-order chi connectivity index (χ0) is 18.1. The van der Waals surface area contributed by atoms with Crippen molar-refractivity contribution in [2.75, 3.05) is 19.8 Å². The van der Waals surface area contributed by atoms with E-state index >= 15 is 0 Å². The van der Waals surface area contributed by atoms with Gasteiger partial charge in [0.15, 0.2) is 11.8 Å². The molecule has 11 heteroatoms. The molecule has 1 fully saturated rings. The standard InChI is InChI=1S/C13H19N3O7S/c1-7-11(9(3)23-14-7)24(20,21)15-8(2)12(17)16-4-5-22-6-10(16)13(18)19/h8,10,15H,4-6H2,1-3H3,(H,18,19). The van der Waals surface area contributed by atoms with Gasteiger partial charge in [0.1, 0.15) is 10.6 Å². The number of ether oxygens (including phenoxy) is 1. The summed E-state index contributed by atoms with van der Waals surface area (Å²) in [5, 5.41) is 12.7. The van der Waals surface area contributed by atoms with Crippen LogP contribution >= 0.6 is 0 Å². The number of carbonyl (C=O) groups excluding carboxylic acids is 1. The van der Waals surface area contributed by atoms with Gasteiger partial charge in [-0.3, -0.25) is 4.79 Å². The number of morpholine rings is 1. The molecule has 1 aromatic rings. The van der Waals surface area contributed by atoms with Gasteiger partial charge >= 0.3 is 5.97 Å². The number of sulfonamides is 1. The zero-order valence-corrected chi connectivity index (χ0v) is 14.3. The van der Waals surface area contributed by atoms with Gasteiger partial charge in [-0.1, -0.05) is 5.16 Å². The van der Waals surface area contributed by atoms with Crippen LogP contribution in [-0.2, 0) is 24.3 Å². The Labute approximate surface area is 138 Å². The van der Waals surface area contributed by atoms with Crippen molar-refractivity contribution in [2.24, 2.45) is 0 Å². The highest BCUT2D eigenvalue weighted by Crippen LogP contribution is 2.19. The van der Waals surface area contributed by atoms with Crippen LogP contribution in [0.2, 0.25) is 0 Å². The molecule has 1 aliphatic heterocycles. The first kappa shape index (κ1) is 18.4. The second-order valence-electron chi connectivity index (χ2n) is 5.46. The van der Waals surface area contributed by atoms with Crippen LogP contribution < -0.4 is 4.72 Å². The summed E-state index contributed by atoms with van der Waals surface area (Å²) in [5.74, 6) is -1.74. The third-order valence-corrected chi connectivity index (χ3v) is 5.42. The molecule has 2 rings (SSSR count). The second kappa shape index (κ2) is 6.87. The van der Waals surface area contributed by atoms with Crippen molar-refractivity contribution in [2.45, 2.75) is 37.8 Å². The molecule has 1 aliphatic rings. The molecule has 1 saturated heterocycles. The lowest BCUT2D eigenvalue weighted by Gasteiger charge is -2.34. The van der Waals surface area contributed by atoms with Crippen molar-refractivity contribution in [3.8, 4) is 0 Å². The van der Waals surface area contributed by atoms with E-state index in [0.29, 0.717) is 0 Å². The second-order valence-corrected chi connectivity index (χ2v) is 7.11. The van der Waals surface area contributed by atoms with Crippen LogP contribution in [0.3, 0.4) is 0 Å². The minimum atomic E-state index is -4.03. The van der Waals surface area contributed by atoms with Gasteiger partial charge in [-0.25, -0.2) is 13.2 Å². The molecule has 0 saturated carbocycles. The highest BCUT2D eigenvalue weighted by Gasteiger charge is 2.36. The number of carboxylic acid groups (broad SMARTS) is 1. The van der Waals surface area contributed by atoms with Crippen LogP contribution in [0, 0.1) is 13.8 Å². The van der Waals surface area contributed by atoms with E-state index in [1.54, 1.807) is 0 Å². The number of nitrogens with one attached hydrogen (secondary N) is 1. The summed E-state index contributed by atoms with van der Waals surface area (Å²) in [6.45, 7) is 4.41. The van der Waals surface area contributed by atoms with E-state index < -0.39 is 34.0 Å². The maximum absolute atomic E-state index is 12.5. The van der Waals surface area contributed by atoms with Gasteiger partial charge in [-0.15, -0.1) is 0 Å². The number of rotatable bonds is 5. The van der Waals surface area contributed by atoms with Crippen molar-refractivity contribution in [3.63, 3.8) is 0 Å². The highest BCUT2D eigenvalue weighted by atomic mass is 32.2. The van der Waals surface area contributed by atoms with E-state index in [2.05, 4.69) is 9.88 Å². The molecule has 0 bridgehead atoms. The number of carbonyl (C=O) groups is 2. The summed E-state index contributed by atoms with van der Waals surface area (Å²) in [7, 11) is -4.03. The fraction of sp³-hybridized carbons (Fsp3) is 0.615. The fourth-order valence-electron chi connectivity index (χ4n) is 2.52. The first-order valence-electron chi connectivity index (χ1n) is 7.21. The summed E-state index contributed by atoms with van der Waals surface area (Å²) in [4.78, 5) is 24.7. The van der Waals surface area contributed by atoms with Crippen molar-refractivity contribution >= 4 is 21.9 Å². The third kappa shape index (κ3) is 3.57. The maximum Gasteiger partial charge on any atom is 0.328 e. The molecule has 134 valence electrons. The van der Waals surface area contributed by atoms with E-state index in [-0.39, 0.29) is 36.1 Å². The molecular formula is C13H19N3O7S. The molecule has 10 nitrogen and oxygen atoms in total. The molecule has 24 heavy (non-hydrogen) atoms. The van der Waals surface area contributed by atoms with E-state index in [9.17, 15) is 18.0 Å². The molecule has 0 spiro atoms. The monoisotopic (exact) mass is 361 g/mol. The average Bonchev–Trinajstić information content (AvgIpc) is 2.85. The Hall–Kier alpha value is -1.98. The minimum absolute atomic E-state index is 0.0766. The quantitative estimate of drug-likeness (QED) is 0.700. The number of amides is 1. The summed E-state index contributed by atoms with van der Waals surface area (Å²) in [6.07, 6.45) is 0. The number of hydrogen-bond donors (Lipinski definition) is 2. The largest absolute Gasteiger partial charge is 0.480 e. The molecular weight excluding hydrogens is 342 g/mol. The molecule has 2 heterocycles. The number of carboxylic acids is 1. The van der Waals surface area contributed by atoms with E-state index in [1.807, 2.05) is 0 Å². The van der Waals surface area contributed by atoms with Gasteiger partial charge < -0.3 is 19.3 Å². The molecule has 0 aromatic carbocycles. The van der Waals surface area contributed by atoms with Gasteiger partial charge in [0.05, 0.1) is 19.3 Å². The Morgan fingerprint density at radius 2 is 2.08 bits per heavy atom. The minimum Gasteiger partial charge on any atom is -0.480 e. The lowest BCUT2D eigenvalue weighted by molar-refractivity contribution is -0.158.